The molecule has 1 heterocycles. The van der Waals surface area contributed by atoms with Crippen LogP contribution in [-0.2, 0) is 6.42 Å². The summed E-state index contributed by atoms with van der Waals surface area (Å²) in [4.78, 5) is 1.43. The van der Waals surface area contributed by atoms with Gasteiger partial charge >= 0.3 is 0 Å². The molecule has 3 heteroatoms. The summed E-state index contributed by atoms with van der Waals surface area (Å²) < 4.78 is 2.62. The van der Waals surface area contributed by atoms with E-state index in [0.29, 0.717) is 0 Å². The molecule has 0 saturated heterocycles. The van der Waals surface area contributed by atoms with Crippen molar-refractivity contribution in [1.82, 2.24) is 0 Å². The van der Waals surface area contributed by atoms with E-state index in [4.69, 9.17) is 11.6 Å². The van der Waals surface area contributed by atoms with E-state index in [0.717, 1.165) is 11.4 Å². The van der Waals surface area contributed by atoms with Gasteiger partial charge in [-0.05, 0) is 41.1 Å². The SMILES string of the molecule is CCc1sc2cccc(Cl)c2c1I. The normalized spacial score (nSPS) is 11.0. The van der Waals surface area contributed by atoms with Gasteiger partial charge in [0.1, 0.15) is 0 Å². The van der Waals surface area contributed by atoms with Gasteiger partial charge in [-0.1, -0.05) is 24.6 Å². The Morgan fingerprint density at radius 3 is 2.85 bits per heavy atom. The molecule has 0 amide bonds. The quantitative estimate of drug-likeness (QED) is 0.666. The van der Waals surface area contributed by atoms with E-state index in [-0.39, 0.29) is 0 Å². The smallest absolute Gasteiger partial charge is 0.0503 e. The number of aryl methyl sites for hydroxylation is 1. The first-order chi connectivity index (χ1) is 6.24. The Bertz CT molecular complexity index is 447. The molecule has 0 radical (unpaired) electrons. The van der Waals surface area contributed by atoms with Crippen molar-refractivity contribution in [3.63, 3.8) is 0 Å². The minimum atomic E-state index is 0.873. The van der Waals surface area contributed by atoms with Gasteiger partial charge in [0.25, 0.3) is 0 Å². The predicted octanol–water partition coefficient (Wildman–Crippen LogP) is 4.72. The van der Waals surface area contributed by atoms with Gasteiger partial charge in [0.05, 0.1) is 5.02 Å². The molecule has 13 heavy (non-hydrogen) atoms. The first-order valence-corrected chi connectivity index (χ1v) is 6.36. The number of hydrogen-bond acceptors (Lipinski definition) is 1. The van der Waals surface area contributed by atoms with E-state index in [9.17, 15) is 0 Å². The average Bonchev–Trinajstić information content (AvgIpc) is 2.44. The lowest BCUT2D eigenvalue weighted by molar-refractivity contribution is 1.18. The lowest BCUT2D eigenvalue weighted by Crippen LogP contribution is -1.76. The number of hydrogen-bond donors (Lipinski definition) is 0. The minimum Gasteiger partial charge on any atom is -0.139 e. The van der Waals surface area contributed by atoms with Crippen molar-refractivity contribution in [2.45, 2.75) is 13.3 Å². The predicted molar refractivity (Wildman–Crippen MR) is 68.9 cm³/mol. The largest absolute Gasteiger partial charge is 0.139 e. The fraction of sp³-hybridized carbons (Fsp3) is 0.200. The zero-order valence-electron chi connectivity index (χ0n) is 7.10. The summed E-state index contributed by atoms with van der Waals surface area (Å²) in [5, 5.41) is 2.10. The van der Waals surface area contributed by atoms with Crippen LogP contribution in [0.3, 0.4) is 0 Å². The van der Waals surface area contributed by atoms with Gasteiger partial charge in [0.2, 0.25) is 0 Å². The van der Waals surface area contributed by atoms with Crippen molar-refractivity contribution in [2.75, 3.05) is 0 Å². The molecule has 68 valence electrons. The van der Waals surface area contributed by atoms with E-state index in [1.165, 1.54) is 18.5 Å². The fourth-order valence-corrected chi connectivity index (χ4v) is 4.37. The molecular formula is C10H8ClIS. The molecule has 2 rings (SSSR count). The van der Waals surface area contributed by atoms with E-state index >= 15 is 0 Å². The van der Waals surface area contributed by atoms with E-state index in [1.807, 2.05) is 23.5 Å². The summed E-state index contributed by atoms with van der Waals surface area (Å²) in [6.07, 6.45) is 1.09. The molecule has 0 aliphatic heterocycles. The first kappa shape index (κ1) is 9.74. The molecule has 0 saturated carbocycles. The number of rotatable bonds is 1. The molecular weight excluding hydrogens is 315 g/mol. The summed E-state index contributed by atoms with van der Waals surface area (Å²) >= 11 is 10.4. The van der Waals surface area contributed by atoms with Crippen LogP contribution in [0.2, 0.25) is 5.02 Å². The first-order valence-electron chi connectivity index (χ1n) is 4.09. The van der Waals surface area contributed by atoms with Crippen LogP contribution in [-0.4, -0.2) is 0 Å². The zero-order chi connectivity index (χ0) is 9.42. The standard InChI is InChI=1S/C10H8ClIS/c1-2-7-10(12)9-6(11)4-3-5-8(9)13-7/h3-5H,2H2,1H3. The summed E-state index contributed by atoms with van der Waals surface area (Å²) in [5.74, 6) is 0. The van der Waals surface area contributed by atoms with Crippen molar-refractivity contribution in [3.05, 3.63) is 31.7 Å². The molecule has 0 aliphatic carbocycles. The molecule has 0 nitrogen and oxygen atoms in total. The van der Waals surface area contributed by atoms with Crippen LogP contribution in [0.25, 0.3) is 10.1 Å². The number of benzene rings is 1. The molecule has 0 unspecified atom stereocenters. The maximum Gasteiger partial charge on any atom is 0.0503 e. The highest BCUT2D eigenvalue weighted by Crippen LogP contribution is 2.36. The van der Waals surface area contributed by atoms with Gasteiger partial charge in [-0.15, -0.1) is 11.3 Å². The van der Waals surface area contributed by atoms with Crippen LogP contribution in [0.4, 0.5) is 0 Å². The van der Waals surface area contributed by atoms with Gasteiger partial charge in [-0.3, -0.25) is 0 Å². The van der Waals surface area contributed by atoms with Crippen LogP contribution in [0, 0.1) is 3.57 Å². The lowest BCUT2D eigenvalue weighted by Gasteiger charge is -1.93. The monoisotopic (exact) mass is 322 g/mol. The Morgan fingerprint density at radius 2 is 2.23 bits per heavy atom. The molecule has 0 aliphatic rings. The Balaban J connectivity index is 2.85. The Kier molecular flexibility index (Phi) is 2.81. The van der Waals surface area contributed by atoms with Gasteiger partial charge in [-0.25, -0.2) is 0 Å². The second kappa shape index (κ2) is 3.75. The second-order valence-corrected chi connectivity index (χ2v) is 5.43. The van der Waals surface area contributed by atoms with Crippen LogP contribution in [0.1, 0.15) is 11.8 Å². The van der Waals surface area contributed by atoms with Crippen LogP contribution in [0.15, 0.2) is 18.2 Å². The van der Waals surface area contributed by atoms with Crippen molar-refractivity contribution in [3.8, 4) is 0 Å². The van der Waals surface area contributed by atoms with Crippen molar-refractivity contribution < 1.29 is 0 Å². The summed E-state index contributed by atoms with van der Waals surface area (Å²) in [7, 11) is 0. The molecule has 1 aromatic carbocycles. The third-order valence-electron chi connectivity index (χ3n) is 1.99. The average molecular weight is 323 g/mol. The summed E-state index contributed by atoms with van der Waals surface area (Å²) in [5.41, 5.74) is 0. The maximum absolute atomic E-state index is 6.13. The summed E-state index contributed by atoms with van der Waals surface area (Å²) in [6.45, 7) is 2.18. The fourth-order valence-electron chi connectivity index (χ4n) is 1.35. The van der Waals surface area contributed by atoms with E-state index in [1.54, 1.807) is 0 Å². The van der Waals surface area contributed by atoms with E-state index in [2.05, 4.69) is 35.6 Å². The molecule has 0 atom stereocenters. The van der Waals surface area contributed by atoms with Crippen LogP contribution < -0.4 is 0 Å². The minimum absolute atomic E-state index is 0.873. The topological polar surface area (TPSA) is 0 Å². The Morgan fingerprint density at radius 1 is 1.46 bits per heavy atom. The Hall–Kier alpha value is 0.200. The zero-order valence-corrected chi connectivity index (χ0v) is 10.8. The van der Waals surface area contributed by atoms with Gasteiger partial charge < -0.3 is 0 Å². The molecule has 2 aromatic rings. The Labute approximate surface area is 100 Å². The van der Waals surface area contributed by atoms with Crippen LogP contribution in [0.5, 0.6) is 0 Å². The molecule has 0 fully saturated rings. The number of halogens is 2. The molecule has 1 aromatic heterocycles. The number of fused-ring (bicyclic) bond motifs is 1. The van der Waals surface area contributed by atoms with Crippen molar-refractivity contribution in [2.24, 2.45) is 0 Å². The van der Waals surface area contributed by atoms with Gasteiger partial charge in [-0.2, -0.15) is 0 Å². The lowest BCUT2D eigenvalue weighted by atomic mass is 10.2. The molecule has 0 N–H and O–H groups in total. The second-order valence-electron chi connectivity index (χ2n) is 2.81. The van der Waals surface area contributed by atoms with Gasteiger partial charge in [0.15, 0.2) is 0 Å². The maximum atomic E-state index is 6.13. The van der Waals surface area contributed by atoms with Crippen molar-refractivity contribution >= 4 is 55.6 Å². The van der Waals surface area contributed by atoms with Crippen molar-refractivity contribution in [1.29, 1.82) is 0 Å². The third-order valence-corrected chi connectivity index (χ3v) is 5.16. The highest BCUT2D eigenvalue weighted by Gasteiger charge is 2.10. The van der Waals surface area contributed by atoms with Crippen LogP contribution >= 0.6 is 45.5 Å². The van der Waals surface area contributed by atoms with Gasteiger partial charge in [0, 0.05) is 18.5 Å². The highest BCUT2D eigenvalue weighted by molar-refractivity contribution is 14.1. The molecule has 0 spiro atoms. The highest BCUT2D eigenvalue weighted by atomic mass is 127. The molecule has 0 bridgehead atoms. The third kappa shape index (κ3) is 1.60. The summed E-state index contributed by atoms with van der Waals surface area (Å²) in [6, 6.07) is 6.10. The number of thiophene rings is 1. The van der Waals surface area contributed by atoms with E-state index < -0.39 is 0 Å².